The summed E-state index contributed by atoms with van der Waals surface area (Å²) in [7, 11) is 0. The number of benzene rings is 1. The van der Waals surface area contributed by atoms with Crippen LogP contribution in [0.3, 0.4) is 0 Å². The van der Waals surface area contributed by atoms with Crippen LogP contribution in [0.4, 0.5) is 0 Å². The number of nitrogens with zero attached hydrogens (tertiary/aromatic N) is 2. The molecular weight excluding hydrogens is 300 g/mol. The summed E-state index contributed by atoms with van der Waals surface area (Å²) in [6.07, 6.45) is 0. The molecule has 0 saturated carbocycles. The number of piperazine rings is 1. The fourth-order valence-corrected chi connectivity index (χ4v) is 2.77. The third-order valence-electron chi connectivity index (χ3n) is 3.19. The van der Waals surface area contributed by atoms with Gasteiger partial charge in [0, 0.05) is 49.6 Å². The van der Waals surface area contributed by atoms with Crippen molar-refractivity contribution in [3.63, 3.8) is 0 Å². The number of rotatable bonds is 4. The lowest BCUT2D eigenvalue weighted by molar-refractivity contribution is 0.133. The summed E-state index contributed by atoms with van der Waals surface area (Å²) in [6.45, 7) is 6.89. The monoisotopic (exact) mass is 316 g/mol. The van der Waals surface area contributed by atoms with Crippen LogP contribution in [-0.2, 0) is 6.54 Å². The molecule has 0 atom stereocenters. The maximum Gasteiger partial charge on any atom is 0.0406 e. The molecular formula is C13H18BrClN2. The van der Waals surface area contributed by atoms with Crippen LogP contribution in [-0.4, -0.2) is 47.9 Å². The highest BCUT2D eigenvalue weighted by Gasteiger charge is 2.15. The second-order valence-electron chi connectivity index (χ2n) is 4.43. The van der Waals surface area contributed by atoms with Crippen LogP contribution in [0.5, 0.6) is 0 Å². The van der Waals surface area contributed by atoms with E-state index in [1.54, 1.807) is 0 Å². The Morgan fingerprint density at radius 1 is 1.00 bits per heavy atom. The molecule has 94 valence electrons. The molecule has 4 heteroatoms. The number of alkyl halides is 1. The second kappa shape index (κ2) is 6.74. The van der Waals surface area contributed by atoms with Crippen molar-refractivity contribution in [3.05, 3.63) is 34.9 Å². The molecule has 2 rings (SSSR count). The van der Waals surface area contributed by atoms with Crippen LogP contribution >= 0.6 is 27.5 Å². The van der Waals surface area contributed by atoms with E-state index < -0.39 is 0 Å². The van der Waals surface area contributed by atoms with Gasteiger partial charge in [-0.1, -0.05) is 39.7 Å². The number of hydrogen-bond donors (Lipinski definition) is 0. The fraction of sp³-hybridized carbons (Fsp3) is 0.538. The highest BCUT2D eigenvalue weighted by molar-refractivity contribution is 9.09. The molecule has 1 aromatic rings. The minimum Gasteiger partial charge on any atom is -0.300 e. The first-order chi connectivity index (χ1) is 8.28. The van der Waals surface area contributed by atoms with Gasteiger partial charge in [-0.2, -0.15) is 0 Å². The molecule has 1 fully saturated rings. The molecule has 0 N–H and O–H groups in total. The lowest BCUT2D eigenvalue weighted by atomic mass is 10.2. The molecule has 1 aromatic carbocycles. The van der Waals surface area contributed by atoms with Gasteiger partial charge in [-0.15, -0.1) is 0 Å². The highest BCUT2D eigenvalue weighted by Crippen LogP contribution is 2.12. The van der Waals surface area contributed by atoms with Gasteiger partial charge in [-0.05, 0) is 17.7 Å². The smallest absolute Gasteiger partial charge is 0.0406 e. The first kappa shape index (κ1) is 13.3. The van der Waals surface area contributed by atoms with Gasteiger partial charge in [0.15, 0.2) is 0 Å². The summed E-state index contributed by atoms with van der Waals surface area (Å²) < 4.78 is 0. The molecule has 0 spiro atoms. The van der Waals surface area contributed by atoms with E-state index in [-0.39, 0.29) is 0 Å². The maximum absolute atomic E-state index is 5.88. The van der Waals surface area contributed by atoms with Gasteiger partial charge < -0.3 is 0 Å². The summed E-state index contributed by atoms with van der Waals surface area (Å²) in [5.74, 6) is 0. The van der Waals surface area contributed by atoms with Crippen molar-refractivity contribution in [3.8, 4) is 0 Å². The van der Waals surface area contributed by atoms with Crippen LogP contribution in [0.1, 0.15) is 5.56 Å². The minimum atomic E-state index is 0.816. The zero-order chi connectivity index (χ0) is 12.1. The van der Waals surface area contributed by atoms with Gasteiger partial charge in [0.1, 0.15) is 0 Å². The van der Waals surface area contributed by atoms with Gasteiger partial charge in [0.05, 0.1) is 0 Å². The topological polar surface area (TPSA) is 6.48 Å². The van der Waals surface area contributed by atoms with Gasteiger partial charge >= 0.3 is 0 Å². The molecule has 0 aromatic heterocycles. The Bertz CT molecular complexity index is 334. The summed E-state index contributed by atoms with van der Waals surface area (Å²) >= 11 is 9.38. The lowest BCUT2D eigenvalue weighted by Gasteiger charge is -2.34. The molecule has 1 heterocycles. The summed E-state index contributed by atoms with van der Waals surface area (Å²) in [6, 6.07) is 8.18. The molecule has 0 aliphatic carbocycles. The lowest BCUT2D eigenvalue weighted by Crippen LogP contribution is -2.46. The molecule has 1 aliphatic rings. The maximum atomic E-state index is 5.88. The second-order valence-corrected chi connectivity index (χ2v) is 5.66. The van der Waals surface area contributed by atoms with Crippen LogP contribution in [0.15, 0.2) is 24.3 Å². The SMILES string of the molecule is Clc1ccc(CN2CCN(CCBr)CC2)cc1. The van der Waals surface area contributed by atoms with Gasteiger partial charge in [0.2, 0.25) is 0 Å². The van der Waals surface area contributed by atoms with Gasteiger partial charge in [0.25, 0.3) is 0 Å². The van der Waals surface area contributed by atoms with Crippen molar-refractivity contribution in [2.75, 3.05) is 38.1 Å². The third kappa shape index (κ3) is 4.25. The normalized spacial score (nSPS) is 18.5. The standard InChI is InChI=1S/C13H18BrClN2/c14-5-6-16-7-9-17(10-8-16)11-12-1-3-13(15)4-2-12/h1-4H,5-11H2. The molecule has 1 saturated heterocycles. The molecule has 17 heavy (non-hydrogen) atoms. The molecule has 0 bridgehead atoms. The Balaban J connectivity index is 1.79. The summed E-state index contributed by atoms with van der Waals surface area (Å²) in [5, 5.41) is 1.89. The summed E-state index contributed by atoms with van der Waals surface area (Å²) in [4.78, 5) is 5.01. The Labute approximate surface area is 117 Å². The zero-order valence-electron chi connectivity index (χ0n) is 9.91. The van der Waals surface area contributed by atoms with E-state index in [1.807, 2.05) is 12.1 Å². The Morgan fingerprint density at radius 3 is 2.18 bits per heavy atom. The minimum absolute atomic E-state index is 0.816. The average Bonchev–Trinajstić information content (AvgIpc) is 2.35. The quantitative estimate of drug-likeness (QED) is 0.788. The molecule has 0 unspecified atom stereocenters. The van der Waals surface area contributed by atoms with Gasteiger partial charge in [-0.3, -0.25) is 9.80 Å². The van der Waals surface area contributed by atoms with E-state index in [9.17, 15) is 0 Å². The molecule has 2 nitrogen and oxygen atoms in total. The summed E-state index contributed by atoms with van der Waals surface area (Å²) in [5.41, 5.74) is 1.35. The number of halogens is 2. The van der Waals surface area contributed by atoms with E-state index in [4.69, 9.17) is 11.6 Å². The van der Waals surface area contributed by atoms with Crippen molar-refractivity contribution in [1.82, 2.24) is 9.80 Å². The molecule has 0 radical (unpaired) electrons. The fourth-order valence-electron chi connectivity index (χ4n) is 2.14. The Morgan fingerprint density at radius 2 is 1.59 bits per heavy atom. The third-order valence-corrected chi connectivity index (χ3v) is 3.79. The van der Waals surface area contributed by atoms with Crippen LogP contribution in [0.25, 0.3) is 0 Å². The van der Waals surface area contributed by atoms with Crippen LogP contribution < -0.4 is 0 Å². The van der Waals surface area contributed by atoms with E-state index >= 15 is 0 Å². The van der Waals surface area contributed by atoms with Crippen LogP contribution in [0, 0.1) is 0 Å². The van der Waals surface area contributed by atoms with Gasteiger partial charge in [-0.25, -0.2) is 0 Å². The average molecular weight is 318 g/mol. The first-order valence-electron chi connectivity index (χ1n) is 6.03. The number of hydrogen-bond acceptors (Lipinski definition) is 2. The zero-order valence-corrected chi connectivity index (χ0v) is 12.3. The van der Waals surface area contributed by atoms with E-state index in [2.05, 4.69) is 37.9 Å². The van der Waals surface area contributed by atoms with E-state index in [1.165, 1.54) is 18.7 Å². The predicted molar refractivity (Wildman–Crippen MR) is 77.0 cm³/mol. The van der Waals surface area contributed by atoms with Crippen molar-refractivity contribution in [2.45, 2.75) is 6.54 Å². The molecule has 0 amide bonds. The Kier molecular flexibility index (Phi) is 5.29. The van der Waals surface area contributed by atoms with E-state index in [0.29, 0.717) is 0 Å². The van der Waals surface area contributed by atoms with E-state index in [0.717, 1.165) is 36.5 Å². The van der Waals surface area contributed by atoms with Crippen molar-refractivity contribution in [2.24, 2.45) is 0 Å². The first-order valence-corrected chi connectivity index (χ1v) is 7.53. The van der Waals surface area contributed by atoms with Crippen molar-refractivity contribution < 1.29 is 0 Å². The Hall–Kier alpha value is -0.0900. The van der Waals surface area contributed by atoms with Crippen LogP contribution in [0.2, 0.25) is 5.02 Å². The predicted octanol–water partition coefficient (Wildman–Crippen LogP) is 2.85. The van der Waals surface area contributed by atoms with Crippen molar-refractivity contribution in [1.29, 1.82) is 0 Å². The highest BCUT2D eigenvalue weighted by atomic mass is 79.9. The molecule has 1 aliphatic heterocycles. The largest absolute Gasteiger partial charge is 0.300 e. The van der Waals surface area contributed by atoms with Crippen molar-refractivity contribution >= 4 is 27.5 Å².